The van der Waals surface area contributed by atoms with Crippen LogP contribution in [0.4, 0.5) is 0 Å². The van der Waals surface area contributed by atoms with E-state index in [1.54, 1.807) is 0 Å². The zero-order valence-corrected chi connectivity index (χ0v) is 11.7. The highest BCUT2D eigenvalue weighted by Crippen LogP contribution is 2.24. The second-order valence-corrected chi connectivity index (χ2v) is 5.82. The van der Waals surface area contributed by atoms with Crippen molar-refractivity contribution < 1.29 is 0 Å². The Kier molecular flexibility index (Phi) is 4.68. The van der Waals surface area contributed by atoms with Gasteiger partial charge in [-0.25, -0.2) is 0 Å². The van der Waals surface area contributed by atoms with Gasteiger partial charge in [-0.1, -0.05) is 34.5 Å². The summed E-state index contributed by atoms with van der Waals surface area (Å²) in [6, 6.07) is 8.32. The Balaban J connectivity index is 1.91. The number of halogens is 2. The lowest BCUT2D eigenvalue weighted by Crippen LogP contribution is -2.32. The first-order chi connectivity index (χ1) is 7.75. The molecule has 1 unspecified atom stereocenters. The van der Waals surface area contributed by atoms with Gasteiger partial charge < -0.3 is 4.90 Å². The van der Waals surface area contributed by atoms with Crippen molar-refractivity contribution in [1.29, 1.82) is 0 Å². The molecule has 88 valence electrons. The molecule has 0 N–H and O–H groups in total. The Labute approximate surface area is 111 Å². The molecular formula is C13H17BrClN. The first-order valence-electron chi connectivity index (χ1n) is 5.87. The van der Waals surface area contributed by atoms with Crippen LogP contribution in [0, 0.1) is 0 Å². The lowest BCUT2D eigenvalue weighted by atomic mass is 10.1. The number of hydrogen-bond acceptors (Lipinski definition) is 1. The Morgan fingerprint density at radius 1 is 1.12 bits per heavy atom. The number of alkyl halides is 1. The van der Waals surface area contributed by atoms with E-state index in [2.05, 4.69) is 45.1 Å². The van der Waals surface area contributed by atoms with Crippen LogP contribution in [-0.4, -0.2) is 24.5 Å². The molecule has 1 saturated heterocycles. The normalized spacial score (nSPS) is 19.6. The maximum absolute atomic E-state index is 6.43. The van der Waals surface area contributed by atoms with Crippen molar-refractivity contribution in [1.82, 2.24) is 4.90 Å². The molecule has 16 heavy (non-hydrogen) atoms. The molecule has 1 fully saturated rings. The molecule has 0 amide bonds. The summed E-state index contributed by atoms with van der Waals surface area (Å²) < 4.78 is 1.11. The molecule has 1 heterocycles. The van der Waals surface area contributed by atoms with E-state index >= 15 is 0 Å². The fourth-order valence-corrected chi connectivity index (χ4v) is 2.75. The smallest absolute Gasteiger partial charge is 0.0712 e. The van der Waals surface area contributed by atoms with E-state index in [0.29, 0.717) is 0 Å². The molecule has 0 radical (unpaired) electrons. The summed E-state index contributed by atoms with van der Waals surface area (Å²) in [5.74, 6) is 0. The van der Waals surface area contributed by atoms with Crippen LogP contribution in [0.3, 0.4) is 0 Å². The van der Waals surface area contributed by atoms with Gasteiger partial charge in [-0.2, -0.15) is 0 Å². The van der Waals surface area contributed by atoms with Gasteiger partial charge in [0.05, 0.1) is 5.38 Å². The number of likely N-dealkylation sites (tertiary alicyclic amines) is 1. The topological polar surface area (TPSA) is 3.24 Å². The van der Waals surface area contributed by atoms with Crippen LogP contribution in [-0.2, 0) is 0 Å². The second-order valence-electron chi connectivity index (χ2n) is 4.38. The van der Waals surface area contributed by atoms with Gasteiger partial charge in [0.15, 0.2) is 0 Å². The summed E-state index contributed by atoms with van der Waals surface area (Å²) >= 11 is 9.87. The summed E-state index contributed by atoms with van der Waals surface area (Å²) in [5.41, 5.74) is 1.22. The molecule has 2 rings (SSSR count). The van der Waals surface area contributed by atoms with Crippen molar-refractivity contribution in [3.63, 3.8) is 0 Å². The number of nitrogens with zero attached hydrogens (tertiary/aromatic N) is 1. The van der Waals surface area contributed by atoms with Crippen LogP contribution in [0.2, 0.25) is 0 Å². The van der Waals surface area contributed by atoms with Crippen molar-refractivity contribution in [3.05, 3.63) is 34.3 Å². The average Bonchev–Trinajstić information content (AvgIpc) is 2.31. The first-order valence-corrected chi connectivity index (χ1v) is 7.10. The highest BCUT2D eigenvalue weighted by molar-refractivity contribution is 9.10. The van der Waals surface area contributed by atoms with Crippen LogP contribution in [0.5, 0.6) is 0 Å². The molecule has 1 aromatic carbocycles. The monoisotopic (exact) mass is 301 g/mol. The first kappa shape index (κ1) is 12.4. The summed E-state index contributed by atoms with van der Waals surface area (Å²) in [5, 5.41) is 0.117. The quantitative estimate of drug-likeness (QED) is 0.756. The zero-order chi connectivity index (χ0) is 11.4. The lowest BCUT2D eigenvalue weighted by Gasteiger charge is -2.28. The van der Waals surface area contributed by atoms with Gasteiger partial charge in [0, 0.05) is 11.0 Å². The number of rotatable bonds is 3. The van der Waals surface area contributed by atoms with Crippen molar-refractivity contribution in [2.75, 3.05) is 19.6 Å². The van der Waals surface area contributed by atoms with Gasteiger partial charge in [0.25, 0.3) is 0 Å². The fraction of sp³-hybridized carbons (Fsp3) is 0.538. The molecule has 3 heteroatoms. The van der Waals surface area contributed by atoms with E-state index in [1.807, 2.05) is 0 Å². The lowest BCUT2D eigenvalue weighted by molar-refractivity contribution is 0.229. The molecule has 1 aliphatic rings. The SMILES string of the molecule is ClC(CN1CCCCC1)c1ccc(Br)cc1. The standard InChI is InChI=1S/C13H17BrClN/c14-12-6-4-11(5-7-12)13(15)10-16-8-2-1-3-9-16/h4-7,13H,1-3,8-10H2. The van der Waals surface area contributed by atoms with Crippen LogP contribution in [0.25, 0.3) is 0 Å². The van der Waals surface area contributed by atoms with Gasteiger partial charge >= 0.3 is 0 Å². The predicted molar refractivity (Wildman–Crippen MR) is 73.0 cm³/mol. The maximum Gasteiger partial charge on any atom is 0.0712 e. The van der Waals surface area contributed by atoms with E-state index in [0.717, 1.165) is 11.0 Å². The summed E-state index contributed by atoms with van der Waals surface area (Å²) in [4.78, 5) is 2.48. The van der Waals surface area contributed by atoms with Crippen molar-refractivity contribution >= 4 is 27.5 Å². The number of benzene rings is 1. The van der Waals surface area contributed by atoms with Gasteiger partial charge in [-0.15, -0.1) is 11.6 Å². The largest absolute Gasteiger partial charge is 0.302 e. The Hall–Kier alpha value is -0.0500. The van der Waals surface area contributed by atoms with E-state index in [1.165, 1.54) is 37.9 Å². The zero-order valence-electron chi connectivity index (χ0n) is 9.33. The van der Waals surface area contributed by atoms with Gasteiger partial charge in [0.1, 0.15) is 0 Å². The van der Waals surface area contributed by atoms with Gasteiger partial charge in [0.2, 0.25) is 0 Å². The molecule has 1 nitrogen and oxygen atoms in total. The van der Waals surface area contributed by atoms with E-state index in [9.17, 15) is 0 Å². The highest BCUT2D eigenvalue weighted by Gasteiger charge is 2.15. The minimum atomic E-state index is 0.117. The third kappa shape index (κ3) is 3.47. The Bertz CT molecular complexity index is 319. The minimum absolute atomic E-state index is 0.117. The van der Waals surface area contributed by atoms with E-state index in [-0.39, 0.29) is 5.38 Å². The van der Waals surface area contributed by atoms with E-state index < -0.39 is 0 Å². The maximum atomic E-state index is 6.43. The molecule has 0 saturated carbocycles. The minimum Gasteiger partial charge on any atom is -0.302 e. The Morgan fingerprint density at radius 3 is 2.38 bits per heavy atom. The number of hydrogen-bond donors (Lipinski definition) is 0. The molecule has 1 aromatic rings. The molecule has 0 spiro atoms. The van der Waals surface area contributed by atoms with Gasteiger partial charge in [-0.05, 0) is 43.6 Å². The van der Waals surface area contributed by atoms with Crippen molar-refractivity contribution in [2.45, 2.75) is 24.6 Å². The highest BCUT2D eigenvalue weighted by atomic mass is 79.9. The summed E-state index contributed by atoms with van der Waals surface area (Å²) in [6.07, 6.45) is 4.02. The molecule has 1 aliphatic heterocycles. The molecular weight excluding hydrogens is 286 g/mol. The van der Waals surface area contributed by atoms with Crippen molar-refractivity contribution in [2.24, 2.45) is 0 Å². The Morgan fingerprint density at radius 2 is 1.75 bits per heavy atom. The molecule has 1 atom stereocenters. The molecule has 0 bridgehead atoms. The molecule has 0 aromatic heterocycles. The summed E-state index contributed by atoms with van der Waals surface area (Å²) in [6.45, 7) is 3.39. The fourth-order valence-electron chi connectivity index (χ4n) is 2.15. The van der Waals surface area contributed by atoms with Gasteiger partial charge in [-0.3, -0.25) is 0 Å². The van der Waals surface area contributed by atoms with Crippen LogP contribution < -0.4 is 0 Å². The van der Waals surface area contributed by atoms with Crippen LogP contribution >= 0.6 is 27.5 Å². The van der Waals surface area contributed by atoms with Crippen molar-refractivity contribution in [3.8, 4) is 0 Å². The second kappa shape index (κ2) is 6.04. The summed E-state index contributed by atoms with van der Waals surface area (Å²) in [7, 11) is 0. The third-order valence-corrected chi connectivity index (χ3v) is 4.02. The van der Waals surface area contributed by atoms with Crippen LogP contribution in [0.1, 0.15) is 30.2 Å². The third-order valence-electron chi connectivity index (χ3n) is 3.10. The van der Waals surface area contributed by atoms with E-state index in [4.69, 9.17) is 11.6 Å². The van der Waals surface area contributed by atoms with Crippen LogP contribution in [0.15, 0.2) is 28.7 Å². The molecule has 0 aliphatic carbocycles. The average molecular weight is 303 g/mol. The number of piperidine rings is 1. The predicted octanol–water partition coefficient (Wildman–Crippen LogP) is 4.21.